The van der Waals surface area contributed by atoms with E-state index in [1.54, 1.807) is 0 Å². The molecule has 0 aromatic carbocycles. The van der Waals surface area contributed by atoms with Crippen LogP contribution in [0.3, 0.4) is 0 Å². The Labute approximate surface area is 59.8 Å². The molecule has 5 heavy (non-hydrogen) atoms. The third kappa shape index (κ3) is 37.9. The third-order valence-electron chi connectivity index (χ3n) is 0. The van der Waals surface area contributed by atoms with Crippen molar-refractivity contribution in [2.75, 3.05) is 0 Å². The molecular formula is CH2Cl2OPb. The minimum atomic E-state index is -0.889. The molecule has 0 aliphatic carbocycles. The van der Waals surface area contributed by atoms with Crippen LogP contribution in [0.2, 0.25) is 0 Å². The molecule has 30 valence electrons. The van der Waals surface area contributed by atoms with E-state index in [1.165, 1.54) is 0 Å². The van der Waals surface area contributed by atoms with Crippen molar-refractivity contribution in [1.82, 2.24) is 0 Å². The van der Waals surface area contributed by atoms with Crippen molar-refractivity contribution in [3.8, 4) is 0 Å². The van der Waals surface area contributed by atoms with Gasteiger partial charge >= 0.3 is 32.0 Å². The summed E-state index contributed by atoms with van der Waals surface area (Å²) in [5.74, 6) is 0. The first-order chi connectivity index (χ1) is 1.73. The Morgan fingerprint density at radius 1 is 1.40 bits per heavy atom. The van der Waals surface area contributed by atoms with E-state index in [1.807, 2.05) is 0 Å². The fraction of sp³-hybridized carbons (Fsp3) is 0. The average Bonchev–Trinajstić information content (AvgIpc) is 0.811. The zero-order chi connectivity index (χ0) is 3.58. The first-order valence-corrected chi connectivity index (χ1v) is 1.34. The summed E-state index contributed by atoms with van der Waals surface area (Å²) in [6, 6.07) is 0. The molecule has 0 heterocycles. The van der Waals surface area contributed by atoms with Gasteiger partial charge in [-0.15, -0.1) is 0 Å². The predicted octanol–water partition coefficient (Wildman–Crippen LogP) is 0.668. The van der Waals surface area contributed by atoms with E-state index in [0.29, 0.717) is 0 Å². The van der Waals surface area contributed by atoms with Crippen LogP contribution in [0.1, 0.15) is 0 Å². The molecule has 0 fully saturated rings. The molecule has 0 spiro atoms. The van der Waals surface area contributed by atoms with Crippen LogP contribution in [0.4, 0.5) is 4.79 Å². The van der Waals surface area contributed by atoms with Crippen molar-refractivity contribution in [1.29, 1.82) is 0 Å². The number of hydrogen-bond donors (Lipinski definition) is 0. The Bertz CT molecular complexity index is 32.6. The summed E-state index contributed by atoms with van der Waals surface area (Å²) in [5.41, 5.74) is 0. The van der Waals surface area contributed by atoms with E-state index >= 15 is 0 Å². The second-order valence-electron chi connectivity index (χ2n) is 0.226. The zero-order valence-corrected chi connectivity index (χ0v) is 9.38. The maximum atomic E-state index is 8.98. The number of carbonyl (C=O) groups excluding carboxylic acids is 1. The third-order valence-corrected chi connectivity index (χ3v) is 0. The van der Waals surface area contributed by atoms with Gasteiger partial charge in [-0.3, -0.25) is 4.79 Å². The molecule has 1 nitrogen and oxygen atoms in total. The second-order valence-corrected chi connectivity index (χ2v) is 1.11. The van der Waals surface area contributed by atoms with Crippen molar-refractivity contribution < 1.29 is 4.79 Å². The molecule has 0 aliphatic rings. The second kappa shape index (κ2) is 5.17. The molecule has 0 rings (SSSR count). The van der Waals surface area contributed by atoms with E-state index in [-0.39, 0.29) is 27.3 Å². The van der Waals surface area contributed by atoms with Gasteiger partial charge in [0.05, 0.1) is 0 Å². The zero-order valence-electron chi connectivity index (χ0n) is 2.37. The van der Waals surface area contributed by atoms with E-state index in [2.05, 4.69) is 23.2 Å². The Morgan fingerprint density at radius 3 is 1.40 bits per heavy atom. The van der Waals surface area contributed by atoms with Gasteiger partial charge in [-0.2, -0.15) is 0 Å². The standard InChI is InChI=1S/CCl2O.Pb.2H/c2-1(3)4;;;. The molecular weight excluding hydrogens is 306 g/mol. The van der Waals surface area contributed by atoms with Gasteiger partial charge in [0.15, 0.2) is 0 Å². The van der Waals surface area contributed by atoms with Gasteiger partial charge in [-0.25, -0.2) is 0 Å². The number of rotatable bonds is 0. The van der Waals surface area contributed by atoms with Crippen LogP contribution in [0, 0.1) is 0 Å². The van der Waals surface area contributed by atoms with Gasteiger partial charge in [-0.1, -0.05) is 0 Å². The summed E-state index contributed by atoms with van der Waals surface area (Å²) >= 11 is 8.80. The molecule has 0 unspecified atom stereocenters. The first-order valence-electron chi connectivity index (χ1n) is 0.582. The summed E-state index contributed by atoms with van der Waals surface area (Å²) in [6.07, 6.45) is 0. The van der Waals surface area contributed by atoms with Gasteiger partial charge in [-0.05, 0) is 23.2 Å². The molecule has 0 bridgehead atoms. The summed E-state index contributed by atoms with van der Waals surface area (Å²) in [4.78, 5) is 8.98. The number of hydrogen-bond acceptors (Lipinski definition) is 1. The fourth-order valence-corrected chi connectivity index (χ4v) is 0. The number of halogens is 2. The van der Waals surface area contributed by atoms with Gasteiger partial charge in [0.1, 0.15) is 0 Å². The molecule has 0 atom stereocenters. The molecule has 0 aliphatic heterocycles. The van der Waals surface area contributed by atoms with Gasteiger partial charge in [0.25, 0.3) is 0 Å². The molecule has 0 amide bonds. The van der Waals surface area contributed by atoms with Gasteiger partial charge in [0.2, 0.25) is 0 Å². The Kier molecular flexibility index (Phi) is 9.81. The fourth-order valence-electron chi connectivity index (χ4n) is 0. The van der Waals surface area contributed by atoms with E-state index in [0.717, 1.165) is 0 Å². The summed E-state index contributed by atoms with van der Waals surface area (Å²) in [6.45, 7) is 0. The SMILES string of the molecule is O=C(Cl)Cl.[PbH2]. The molecule has 2 radical (unpaired) electrons. The predicted molar refractivity (Wildman–Crippen MR) is 25.6 cm³/mol. The summed E-state index contributed by atoms with van der Waals surface area (Å²) in [5, 5.41) is 0. The Balaban J connectivity index is 0. The van der Waals surface area contributed by atoms with Gasteiger partial charge in [0, 0.05) is 0 Å². The van der Waals surface area contributed by atoms with Crippen LogP contribution < -0.4 is 0 Å². The van der Waals surface area contributed by atoms with E-state index in [9.17, 15) is 0 Å². The van der Waals surface area contributed by atoms with Gasteiger partial charge < -0.3 is 0 Å². The van der Waals surface area contributed by atoms with Crippen LogP contribution in [-0.4, -0.2) is 32.0 Å². The quantitative estimate of drug-likeness (QED) is 0.475. The van der Waals surface area contributed by atoms with E-state index in [4.69, 9.17) is 4.79 Å². The number of carbonyl (C=O) groups is 1. The first kappa shape index (κ1) is 9.49. The van der Waals surface area contributed by atoms with Crippen LogP contribution in [0.25, 0.3) is 0 Å². The Morgan fingerprint density at radius 2 is 1.40 bits per heavy atom. The molecule has 0 aromatic rings. The molecule has 4 heteroatoms. The Hall–Kier alpha value is 1.17. The van der Waals surface area contributed by atoms with Crippen LogP contribution in [0.15, 0.2) is 0 Å². The summed E-state index contributed by atoms with van der Waals surface area (Å²) < 4.78 is -0.889. The topological polar surface area (TPSA) is 17.1 Å². The summed E-state index contributed by atoms with van der Waals surface area (Å²) in [7, 11) is 0. The molecule has 0 saturated heterocycles. The van der Waals surface area contributed by atoms with Crippen LogP contribution in [-0.2, 0) is 0 Å². The van der Waals surface area contributed by atoms with Crippen molar-refractivity contribution in [3.63, 3.8) is 0 Å². The normalized spacial score (nSPS) is 5.20. The van der Waals surface area contributed by atoms with Crippen molar-refractivity contribution in [2.45, 2.75) is 0 Å². The molecule has 0 aromatic heterocycles. The maximum absolute atomic E-state index is 8.98. The minimum absolute atomic E-state index is 0. The molecule has 0 N–H and O–H groups in total. The van der Waals surface area contributed by atoms with Crippen molar-refractivity contribution in [2.24, 2.45) is 0 Å². The average molecular weight is 308 g/mol. The van der Waals surface area contributed by atoms with Crippen LogP contribution >= 0.6 is 23.2 Å². The van der Waals surface area contributed by atoms with Crippen LogP contribution in [0.5, 0.6) is 0 Å². The van der Waals surface area contributed by atoms with Crippen molar-refractivity contribution >= 4 is 55.2 Å². The monoisotopic (exact) mass is 308 g/mol. The molecule has 0 saturated carbocycles. The van der Waals surface area contributed by atoms with Crippen molar-refractivity contribution in [3.05, 3.63) is 0 Å². The van der Waals surface area contributed by atoms with E-state index < -0.39 is 4.70 Å².